The van der Waals surface area contributed by atoms with Crippen LogP contribution in [-0.2, 0) is 19.9 Å². The second kappa shape index (κ2) is 22.9. The van der Waals surface area contributed by atoms with Crippen molar-refractivity contribution < 1.29 is 4.57 Å². The van der Waals surface area contributed by atoms with E-state index in [1.807, 2.05) is 0 Å². The van der Waals surface area contributed by atoms with E-state index in [-0.39, 0.29) is 0 Å². The zero-order valence-corrected chi connectivity index (χ0v) is 23.1. The van der Waals surface area contributed by atoms with E-state index in [4.69, 9.17) is 0 Å². The Balaban J connectivity index is 2.02. The SMILES string of the molecule is CCCCCCCCCCCCCc1cc(CCCCCCCCCCCCC)c[n+](C)c1. The van der Waals surface area contributed by atoms with E-state index in [9.17, 15) is 0 Å². The van der Waals surface area contributed by atoms with Gasteiger partial charge in [-0.05, 0) is 31.7 Å². The molecule has 0 aromatic carbocycles. The molecule has 1 rings (SSSR count). The predicted octanol–water partition coefficient (Wildman–Crippen LogP) is 10.2. The first-order valence-corrected chi connectivity index (χ1v) is 15.2. The molecule has 0 aliphatic heterocycles. The summed E-state index contributed by atoms with van der Waals surface area (Å²) in [5.41, 5.74) is 3.10. The fraction of sp³-hybridized carbons (Fsp3) is 0.844. The van der Waals surface area contributed by atoms with Crippen molar-refractivity contribution in [1.29, 1.82) is 0 Å². The van der Waals surface area contributed by atoms with Crippen LogP contribution in [0.4, 0.5) is 0 Å². The third-order valence-electron chi connectivity index (χ3n) is 7.25. The molecule has 1 heteroatoms. The molecule has 0 atom stereocenters. The zero-order chi connectivity index (χ0) is 23.8. The van der Waals surface area contributed by atoms with Crippen LogP contribution in [0.3, 0.4) is 0 Å². The number of hydrogen-bond acceptors (Lipinski definition) is 0. The standard InChI is InChI=1S/C32H60N/c1-4-6-8-10-12-14-16-18-20-22-24-26-31-28-32(30-33(3)29-31)27-25-23-21-19-17-15-13-11-9-7-5-2/h28-30H,4-27H2,1-3H3/q+1. The van der Waals surface area contributed by atoms with Gasteiger partial charge in [0.25, 0.3) is 0 Å². The van der Waals surface area contributed by atoms with Crippen molar-refractivity contribution in [2.45, 2.75) is 168 Å². The third-order valence-corrected chi connectivity index (χ3v) is 7.25. The van der Waals surface area contributed by atoms with Crippen molar-refractivity contribution >= 4 is 0 Å². The normalized spacial score (nSPS) is 11.4. The maximum atomic E-state index is 2.49. The van der Waals surface area contributed by atoms with E-state index in [0.717, 1.165) is 0 Å². The van der Waals surface area contributed by atoms with Gasteiger partial charge in [0.05, 0.1) is 0 Å². The Bertz CT molecular complexity index is 491. The first kappa shape index (κ1) is 30.2. The number of hydrogen-bond donors (Lipinski definition) is 0. The smallest absolute Gasteiger partial charge is 0.171 e. The summed E-state index contributed by atoms with van der Waals surface area (Å²) >= 11 is 0. The lowest BCUT2D eigenvalue weighted by Gasteiger charge is -2.06. The van der Waals surface area contributed by atoms with Crippen molar-refractivity contribution in [2.24, 2.45) is 7.05 Å². The molecule has 0 bridgehead atoms. The fourth-order valence-corrected chi connectivity index (χ4v) is 5.13. The Hall–Kier alpha value is -0.850. The van der Waals surface area contributed by atoms with Gasteiger partial charge in [0.15, 0.2) is 12.4 Å². The summed E-state index contributed by atoms with van der Waals surface area (Å²) in [6.07, 6.45) is 38.6. The molecule has 0 unspecified atom stereocenters. The number of aryl methyl sites for hydroxylation is 3. The first-order valence-electron chi connectivity index (χ1n) is 15.2. The molecular weight excluding hydrogens is 398 g/mol. The maximum absolute atomic E-state index is 2.49. The van der Waals surface area contributed by atoms with E-state index >= 15 is 0 Å². The molecule has 0 radical (unpaired) electrons. The average Bonchev–Trinajstić information content (AvgIpc) is 2.80. The minimum absolute atomic E-state index is 1.26. The Morgan fingerprint density at radius 3 is 1.00 bits per heavy atom. The monoisotopic (exact) mass is 458 g/mol. The molecular formula is C32H60N+. The molecule has 1 nitrogen and oxygen atoms in total. The van der Waals surface area contributed by atoms with E-state index in [0.29, 0.717) is 0 Å². The lowest BCUT2D eigenvalue weighted by atomic mass is 10.0. The van der Waals surface area contributed by atoms with Crippen LogP contribution < -0.4 is 4.57 Å². The molecule has 1 aromatic rings. The van der Waals surface area contributed by atoms with Crippen LogP contribution in [0.25, 0.3) is 0 Å². The van der Waals surface area contributed by atoms with Crippen LogP contribution in [0.5, 0.6) is 0 Å². The van der Waals surface area contributed by atoms with Crippen LogP contribution in [-0.4, -0.2) is 0 Å². The lowest BCUT2D eigenvalue weighted by Crippen LogP contribution is -2.28. The summed E-state index contributed by atoms with van der Waals surface area (Å²) in [7, 11) is 2.20. The second-order valence-electron chi connectivity index (χ2n) is 10.8. The highest BCUT2D eigenvalue weighted by atomic mass is 14.9. The van der Waals surface area contributed by atoms with Crippen LogP contribution in [0.1, 0.15) is 166 Å². The Labute approximate surface area is 209 Å². The van der Waals surface area contributed by atoms with Crippen molar-refractivity contribution in [2.75, 3.05) is 0 Å². The molecule has 0 aliphatic rings. The molecule has 0 fully saturated rings. The number of nitrogens with zero attached hydrogens (tertiary/aromatic N) is 1. The topological polar surface area (TPSA) is 3.88 Å². The second-order valence-corrected chi connectivity index (χ2v) is 10.8. The minimum Gasteiger partial charge on any atom is -0.207 e. The van der Waals surface area contributed by atoms with Crippen LogP contribution in [0.2, 0.25) is 0 Å². The molecule has 0 spiro atoms. The fourth-order valence-electron chi connectivity index (χ4n) is 5.13. The van der Waals surface area contributed by atoms with Gasteiger partial charge in [0.1, 0.15) is 7.05 Å². The summed E-state index contributed by atoms with van der Waals surface area (Å²) in [6, 6.07) is 2.49. The van der Waals surface area contributed by atoms with Crippen LogP contribution in [0, 0.1) is 0 Å². The number of pyridine rings is 1. The molecule has 0 N–H and O–H groups in total. The average molecular weight is 459 g/mol. The Morgan fingerprint density at radius 1 is 0.424 bits per heavy atom. The molecule has 1 aromatic heterocycles. The van der Waals surface area contributed by atoms with Crippen molar-refractivity contribution in [3.63, 3.8) is 0 Å². The zero-order valence-electron chi connectivity index (χ0n) is 23.1. The van der Waals surface area contributed by atoms with E-state index < -0.39 is 0 Å². The van der Waals surface area contributed by atoms with Crippen molar-refractivity contribution in [1.82, 2.24) is 0 Å². The highest BCUT2D eigenvalue weighted by Gasteiger charge is 2.05. The summed E-state index contributed by atoms with van der Waals surface area (Å²) in [5.74, 6) is 0. The lowest BCUT2D eigenvalue weighted by molar-refractivity contribution is -0.672. The molecule has 0 amide bonds. The van der Waals surface area contributed by atoms with Gasteiger partial charge in [0.2, 0.25) is 0 Å². The van der Waals surface area contributed by atoms with Crippen molar-refractivity contribution in [3.05, 3.63) is 29.6 Å². The molecule has 1 heterocycles. The van der Waals surface area contributed by atoms with Gasteiger partial charge in [-0.15, -0.1) is 0 Å². The largest absolute Gasteiger partial charge is 0.207 e. The number of unbranched alkanes of at least 4 members (excludes halogenated alkanes) is 20. The van der Waals surface area contributed by atoms with E-state index in [2.05, 4.69) is 43.9 Å². The Kier molecular flexibility index (Phi) is 21.0. The summed E-state index contributed by atoms with van der Waals surface area (Å²) < 4.78 is 2.29. The van der Waals surface area contributed by atoms with Gasteiger partial charge in [-0.3, -0.25) is 0 Å². The highest BCUT2D eigenvalue weighted by Crippen LogP contribution is 2.15. The van der Waals surface area contributed by atoms with E-state index in [1.165, 1.54) is 154 Å². The molecule has 33 heavy (non-hydrogen) atoms. The van der Waals surface area contributed by atoms with Gasteiger partial charge in [-0.1, -0.05) is 142 Å². The molecule has 192 valence electrons. The van der Waals surface area contributed by atoms with Gasteiger partial charge in [0, 0.05) is 11.1 Å². The maximum Gasteiger partial charge on any atom is 0.171 e. The molecule has 0 saturated heterocycles. The summed E-state index contributed by atoms with van der Waals surface area (Å²) in [4.78, 5) is 0. The number of aromatic nitrogens is 1. The van der Waals surface area contributed by atoms with Gasteiger partial charge in [-0.2, -0.15) is 0 Å². The van der Waals surface area contributed by atoms with Crippen molar-refractivity contribution in [3.8, 4) is 0 Å². The Morgan fingerprint density at radius 2 is 0.697 bits per heavy atom. The molecule has 0 saturated carbocycles. The summed E-state index contributed by atoms with van der Waals surface area (Å²) in [6.45, 7) is 4.60. The first-order chi connectivity index (χ1) is 16.3. The van der Waals surface area contributed by atoms with Gasteiger partial charge >= 0.3 is 0 Å². The minimum atomic E-state index is 1.26. The van der Waals surface area contributed by atoms with Gasteiger partial charge in [-0.25, -0.2) is 4.57 Å². The van der Waals surface area contributed by atoms with Gasteiger partial charge < -0.3 is 0 Å². The molecule has 0 aliphatic carbocycles. The predicted molar refractivity (Wildman–Crippen MR) is 148 cm³/mol. The van der Waals surface area contributed by atoms with Crippen LogP contribution in [0.15, 0.2) is 18.5 Å². The third kappa shape index (κ3) is 19.2. The number of rotatable bonds is 24. The van der Waals surface area contributed by atoms with E-state index in [1.54, 1.807) is 11.1 Å². The summed E-state index contributed by atoms with van der Waals surface area (Å²) in [5, 5.41) is 0. The highest BCUT2D eigenvalue weighted by molar-refractivity contribution is 5.15. The van der Waals surface area contributed by atoms with Crippen LogP contribution >= 0.6 is 0 Å². The quantitative estimate of drug-likeness (QED) is 0.107.